The number of fused-ring (bicyclic) bond motifs is 1. The summed E-state index contributed by atoms with van der Waals surface area (Å²) in [7, 11) is 0. The number of amides is 2. The molecule has 1 aromatic carbocycles. The van der Waals surface area contributed by atoms with Gasteiger partial charge in [-0.15, -0.1) is 5.84 Å². The van der Waals surface area contributed by atoms with Crippen molar-refractivity contribution in [2.75, 3.05) is 0 Å². The lowest BCUT2D eigenvalue weighted by Gasteiger charge is -1.99. The molecule has 0 aliphatic carbocycles. The van der Waals surface area contributed by atoms with Crippen molar-refractivity contribution in [1.82, 2.24) is 10.9 Å². The zero-order valence-electron chi connectivity index (χ0n) is 6.07. The monoisotopic (exact) mass is 161 g/mol. The Morgan fingerprint density at radius 1 is 1.00 bits per heavy atom. The molecule has 0 atom stereocenters. The van der Waals surface area contributed by atoms with Crippen LogP contribution in [-0.4, -0.2) is 16.8 Å². The maximum absolute atomic E-state index is 11.1. The SMILES string of the molecule is [NH]N1C(=O)c2ccccc2C1=O. The Balaban J connectivity index is 2.67. The van der Waals surface area contributed by atoms with Crippen LogP contribution in [0.5, 0.6) is 0 Å². The number of rotatable bonds is 0. The second-order valence-corrected chi connectivity index (χ2v) is 2.49. The molecule has 0 unspecified atom stereocenters. The normalized spacial score (nSPS) is 15.2. The van der Waals surface area contributed by atoms with Crippen molar-refractivity contribution in [2.24, 2.45) is 0 Å². The first kappa shape index (κ1) is 7.00. The number of hydrogen-bond donors (Lipinski definition) is 0. The second kappa shape index (κ2) is 2.15. The first-order chi connectivity index (χ1) is 5.72. The molecule has 4 heteroatoms. The summed E-state index contributed by atoms with van der Waals surface area (Å²) in [6.45, 7) is 0. The Bertz CT molecular complexity index is 338. The van der Waals surface area contributed by atoms with Gasteiger partial charge in [0.2, 0.25) is 0 Å². The number of nitrogens with zero attached hydrogens (tertiary/aromatic N) is 1. The van der Waals surface area contributed by atoms with E-state index in [9.17, 15) is 9.59 Å². The molecule has 0 fully saturated rings. The number of hydrogen-bond acceptors (Lipinski definition) is 2. The average molecular weight is 161 g/mol. The molecule has 12 heavy (non-hydrogen) atoms. The van der Waals surface area contributed by atoms with Gasteiger partial charge < -0.3 is 0 Å². The lowest BCUT2D eigenvalue weighted by Crippen LogP contribution is -2.27. The van der Waals surface area contributed by atoms with Crippen molar-refractivity contribution in [1.29, 1.82) is 0 Å². The Hall–Kier alpha value is -1.68. The van der Waals surface area contributed by atoms with E-state index in [1.165, 1.54) is 0 Å². The zero-order valence-corrected chi connectivity index (χ0v) is 6.07. The molecule has 1 heterocycles. The maximum Gasteiger partial charge on any atom is 0.277 e. The Morgan fingerprint density at radius 2 is 1.42 bits per heavy atom. The van der Waals surface area contributed by atoms with Gasteiger partial charge >= 0.3 is 0 Å². The van der Waals surface area contributed by atoms with Crippen LogP contribution in [0.25, 0.3) is 0 Å². The van der Waals surface area contributed by atoms with Gasteiger partial charge in [-0.1, -0.05) is 12.1 Å². The fraction of sp³-hybridized carbons (Fsp3) is 0. The van der Waals surface area contributed by atoms with Gasteiger partial charge in [0.15, 0.2) is 0 Å². The fourth-order valence-electron chi connectivity index (χ4n) is 1.19. The van der Waals surface area contributed by atoms with Crippen LogP contribution < -0.4 is 5.84 Å². The van der Waals surface area contributed by atoms with E-state index in [0.717, 1.165) is 0 Å². The lowest BCUT2D eigenvalue weighted by molar-refractivity contribution is 0.0639. The molecule has 0 saturated carbocycles. The summed E-state index contributed by atoms with van der Waals surface area (Å²) in [5, 5.41) is 0.380. The summed E-state index contributed by atoms with van der Waals surface area (Å²) in [6.07, 6.45) is 0. The van der Waals surface area contributed by atoms with Gasteiger partial charge in [-0.3, -0.25) is 9.59 Å². The lowest BCUT2D eigenvalue weighted by atomic mass is 10.1. The van der Waals surface area contributed by atoms with Crippen molar-refractivity contribution in [3.05, 3.63) is 35.4 Å². The van der Waals surface area contributed by atoms with E-state index in [-0.39, 0.29) is 0 Å². The third-order valence-corrected chi connectivity index (χ3v) is 1.79. The summed E-state index contributed by atoms with van der Waals surface area (Å²) in [5.41, 5.74) is 0.634. The highest BCUT2D eigenvalue weighted by atomic mass is 16.2. The number of carbonyl (C=O) groups is 2. The molecule has 1 aliphatic heterocycles. The minimum absolute atomic E-state index is 0.317. The minimum atomic E-state index is -0.546. The van der Waals surface area contributed by atoms with E-state index in [4.69, 9.17) is 5.84 Å². The van der Waals surface area contributed by atoms with Crippen LogP contribution in [0.2, 0.25) is 0 Å². The van der Waals surface area contributed by atoms with Gasteiger partial charge in [-0.25, -0.2) is 0 Å². The van der Waals surface area contributed by atoms with Gasteiger partial charge in [0.05, 0.1) is 11.1 Å². The summed E-state index contributed by atoms with van der Waals surface area (Å²) < 4.78 is 0. The molecule has 0 bridgehead atoms. The van der Waals surface area contributed by atoms with E-state index in [0.29, 0.717) is 16.1 Å². The second-order valence-electron chi connectivity index (χ2n) is 2.49. The molecule has 0 spiro atoms. The predicted molar refractivity (Wildman–Crippen MR) is 40.0 cm³/mol. The van der Waals surface area contributed by atoms with E-state index in [1.54, 1.807) is 24.3 Å². The van der Waals surface area contributed by atoms with Gasteiger partial charge in [-0.2, -0.15) is 5.01 Å². The highest BCUT2D eigenvalue weighted by Crippen LogP contribution is 2.19. The number of carbonyl (C=O) groups excluding carboxylic acids is 2. The minimum Gasteiger partial charge on any atom is -0.267 e. The number of nitrogens with one attached hydrogen (secondary N) is 1. The Morgan fingerprint density at radius 3 is 1.83 bits per heavy atom. The maximum atomic E-state index is 11.1. The molecule has 2 rings (SSSR count). The van der Waals surface area contributed by atoms with Crippen LogP contribution in [0.3, 0.4) is 0 Å². The molecule has 1 N–H and O–H groups in total. The van der Waals surface area contributed by atoms with Gasteiger partial charge in [0.1, 0.15) is 0 Å². The predicted octanol–water partition coefficient (Wildman–Crippen LogP) is 0.481. The molecule has 1 aliphatic rings. The first-order valence-corrected chi connectivity index (χ1v) is 3.41. The third kappa shape index (κ3) is 0.695. The molecular formula is C8H5N2O2. The molecule has 1 aromatic rings. The topological polar surface area (TPSA) is 61.2 Å². The summed E-state index contributed by atoms with van der Waals surface area (Å²) in [5.74, 6) is 5.97. The van der Waals surface area contributed by atoms with Crippen LogP contribution >= 0.6 is 0 Å². The Kier molecular flexibility index (Phi) is 1.25. The smallest absolute Gasteiger partial charge is 0.267 e. The highest BCUT2D eigenvalue weighted by molar-refractivity contribution is 6.20. The largest absolute Gasteiger partial charge is 0.277 e. The standard InChI is InChI=1S/C8H5N2O2/c9-10-7(11)5-3-1-2-4-6(5)8(10)12/h1-4,9H. The van der Waals surface area contributed by atoms with Crippen molar-refractivity contribution >= 4 is 11.8 Å². The van der Waals surface area contributed by atoms with Crippen molar-refractivity contribution in [2.45, 2.75) is 0 Å². The highest BCUT2D eigenvalue weighted by Gasteiger charge is 2.33. The van der Waals surface area contributed by atoms with Crippen LogP contribution in [-0.2, 0) is 0 Å². The van der Waals surface area contributed by atoms with Crippen LogP contribution in [0.1, 0.15) is 20.7 Å². The van der Waals surface area contributed by atoms with Crippen molar-refractivity contribution in [3.8, 4) is 0 Å². The van der Waals surface area contributed by atoms with Gasteiger partial charge in [0, 0.05) is 0 Å². The Labute approximate surface area is 68.5 Å². The van der Waals surface area contributed by atoms with Gasteiger partial charge in [0.25, 0.3) is 11.8 Å². The van der Waals surface area contributed by atoms with Crippen molar-refractivity contribution in [3.63, 3.8) is 0 Å². The van der Waals surface area contributed by atoms with Crippen LogP contribution in [0, 0.1) is 0 Å². The van der Waals surface area contributed by atoms with E-state index in [1.807, 2.05) is 0 Å². The van der Waals surface area contributed by atoms with E-state index in [2.05, 4.69) is 0 Å². The average Bonchev–Trinajstić information content (AvgIpc) is 2.33. The molecule has 0 saturated heterocycles. The van der Waals surface area contributed by atoms with Crippen LogP contribution in [0.15, 0.2) is 24.3 Å². The third-order valence-electron chi connectivity index (χ3n) is 1.79. The first-order valence-electron chi connectivity index (χ1n) is 3.41. The molecule has 2 amide bonds. The zero-order chi connectivity index (χ0) is 8.72. The van der Waals surface area contributed by atoms with E-state index < -0.39 is 11.8 Å². The molecule has 59 valence electrons. The molecule has 0 aromatic heterocycles. The van der Waals surface area contributed by atoms with Crippen molar-refractivity contribution < 1.29 is 9.59 Å². The summed E-state index contributed by atoms with van der Waals surface area (Å²) >= 11 is 0. The number of imide groups is 1. The van der Waals surface area contributed by atoms with Gasteiger partial charge in [-0.05, 0) is 12.1 Å². The quantitative estimate of drug-likeness (QED) is 0.519. The fourth-order valence-corrected chi connectivity index (χ4v) is 1.19. The molecular weight excluding hydrogens is 156 g/mol. The molecule has 4 nitrogen and oxygen atoms in total. The summed E-state index contributed by atoms with van der Waals surface area (Å²) in [4.78, 5) is 22.2. The number of benzene rings is 1. The van der Waals surface area contributed by atoms with Crippen LogP contribution in [0.4, 0.5) is 0 Å². The summed E-state index contributed by atoms with van der Waals surface area (Å²) in [6, 6.07) is 6.43. The van der Waals surface area contributed by atoms with E-state index >= 15 is 0 Å². The molecule has 1 radical (unpaired) electrons.